The van der Waals surface area contributed by atoms with Gasteiger partial charge in [0.1, 0.15) is 0 Å². The molecule has 10 heavy (non-hydrogen) atoms. The molecule has 0 unspecified atom stereocenters. The summed E-state index contributed by atoms with van der Waals surface area (Å²) in [4.78, 5) is 0. The molecule has 2 nitrogen and oxygen atoms in total. The smallest absolute Gasteiger partial charge is 0.0473 e. The third-order valence-corrected chi connectivity index (χ3v) is 1.22. The van der Waals surface area contributed by atoms with Crippen molar-refractivity contribution in [3.05, 3.63) is 25.3 Å². The maximum Gasteiger partial charge on any atom is 0.0473 e. The van der Waals surface area contributed by atoms with Crippen LogP contribution in [0.15, 0.2) is 30.5 Å². The van der Waals surface area contributed by atoms with Crippen molar-refractivity contribution in [2.75, 3.05) is 0 Å². The van der Waals surface area contributed by atoms with Gasteiger partial charge in [-0.15, -0.1) is 18.3 Å². The number of rotatable bonds is 5. The van der Waals surface area contributed by atoms with Crippen molar-refractivity contribution in [2.45, 2.75) is 12.8 Å². The fourth-order valence-corrected chi connectivity index (χ4v) is 0.740. The van der Waals surface area contributed by atoms with E-state index in [0.29, 0.717) is 0 Å². The lowest BCUT2D eigenvalue weighted by molar-refractivity contribution is 0.318. The van der Waals surface area contributed by atoms with Crippen molar-refractivity contribution in [1.29, 1.82) is 0 Å². The van der Waals surface area contributed by atoms with Gasteiger partial charge in [-0.1, -0.05) is 12.2 Å². The molecule has 0 aromatic heterocycles. The molecular formula is C8H13NO. The van der Waals surface area contributed by atoms with Gasteiger partial charge in [-0.3, -0.25) is 0 Å². The quantitative estimate of drug-likeness (QED) is 0.269. The number of oxime groups is 1. The first-order valence-electron chi connectivity index (χ1n) is 3.24. The first-order chi connectivity index (χ1) is 4.85. The molecule has 0 aliphatic heterocycles. The summed E-state index contributed by atoms with van der Waals surface area (Å²) >= 11 is 0. The highest BCUT2D eigenvalue weighted by atomic mass is 16.4. The van der Waals surface area contributed by atoms with E-state index >= 15 is 0 Å². The van der Waals surface area contributed by atoms with E-state index in [-0.39, 0.29) is 5.92 Å². The second-order valence-electron chi connectivity index (χ2n) is 2.07. The van der Waals surface area contributed by atoms with E-state index in [9.17, 15) is 0 Å². The standard InChI is InChI=1S/C8H13NO/c1-3-5-8(6-4-2)7-9-10/h3-4,7-8,10H,1-2,5-6H2. The number of allylic oxidation sites excluding steroid dienone is 2. The Bertz CT molecular complexity index is 119. The van der Waals surface area contributed by atoms with E-state index in [0.717, 1.165) is 12.8 Å². The molecule has 0 fully saturated rings. The zero-order valence-corrected chi connectivity index (χ0v) is 6.03. The Morgan fingerprint density at radius 3 is 2.10 bits per heavy atom. The van der Waals surface area contributed by atoms with Crippen LogP contribution < -0.4 is 0 Å². The van der Waals surface area contributed by atoms with Gasteiger partial charge in [0.05, 0.1) is 0 Å². The topological polar surface area (TPSA) is 32.6 Å². The van der Waals surface area contributed by atoms with Crippen LogP contribution in [-0.2, 0) is 0 Å². The van der Waals surface area contributed by atoms with E-state index in [1.807, 2.05) is 0 Å². The van der Waals surface area contributed by atoms with Crippen LogP contribution in [-0.4, -0.2) is 11.4 Å². The molecule has 0 rings (SSSR count). The molecule has 0 aliphatic rings. The van der Waals surface area contributed by atoms with E-state index in [2.05, 4.69) is 18.3 Å². The average molecular weight is 139 g/mol. The molecule has 0 spiro atoms. The maximum absolute atomic E-state index is 8.19. The van der Waals surface area contributed by atoms with Crippen LogP contribution >= 0.6 is 0 Å². The Labute approximate surface area is 61.6 Å². The molecule has 0 atom stereocenters. The highest BCUT2D eigenvalue weighted by Crippen LogP contribution is 2.05. The summed E-state index contributed by atoms with van der Waals surface area (Å²) in [6.07, 6.45) is 6.77. The van der Waals surface area contributed by atoms with Gasteiger partial charge in [0.15, 0.2) is 0 Å². The van der Waals surface area contributed by atoms with Crippen LogP contribution in [0.5, 0.6) is 0 Å². The van der Waals surface area contributed by atoms with Gasteiger partial charge in [-0.25, -0.2) is 0 Å². The first-order valence-corrected chi connectivity index (χ1v) is 3.24. The van der Waals surface area contributed by atoms with Crippen LogP contribution in [0, 0.1) is 5.92 Å². The Kier molecular flexibility index (Phi) is 5.44. The lowest BCUT2D eigenvalue weighted by atomic mass is 10.0. The van der Waals surface area contributed by atoms with Crippen molar-refractivity contribution in [3.8, 4) is 0 Å². The Morgan fingerprint density at radius 2 is 1.80 bits per heavy atom. The predicted octanol–water partition coefficient (Wildman–Crippen LogP) is 2.21. The van der Waals surface area contributed by atoms with Crippen molar-refractivity contribution in [1.82, 2.24) is 0 Å². The van der Waals surface area contributed by atoms with Crippen LogP contribution in [0.2, 0.25) is 0 Å². The highest BCUT2D eigenvalue weighted by molar-refractivity contribution is 5.60. The van der Waals surface area contributed by atoms with Gasteiger partial charge >= 0.3 is 0 Å². The van der Waals surface area contributed by atoms with E-state index in [4.69, 9.17) is 5.21 Å². The Hall–Kier alpha value is -1.05. The van der Waals surface area contributed by atoms with Gasteiger partial charge in [-0.05, 0) is 12.8 Å². The van der Waals surface area contributed by atoms with Crippen molar-refractivity contribution < 1.29 is 5.21 Å². The molecule has 0 radical (unpaired) electrons. The summed E-state index contributed by atoms with van der Waals surface area (Å²) in [6, 6.07) is 0. The molecule has 2 heteroatoms. The van der Waals surface area contributed by atoms with Crippen molar-refractivity contribution >= 4 is 6.21 Å². The zero-order chi connectivity index (χ0) is 7.82. The zero-order valence-electron chi connectivity index (χ0n) is 6.03. The second-order valence-corrected chi connectivity index (χ2v) is 2.07. The van der Waals surface area contributed by atoms with Gasteiger partial charge in [0, 0.05) is 12.1 Å². The van der Waals surface area contributed by atoms with E-state index in [1.165, 1.54) is 6.21 Å². The fraction of sp³-hybridized carbons (Fsp3) is 0.375. The van der Waals surface area contributed by atoms with Gasteiger partial charge in [-0.2, -0.15) is 0 Å². The van der Waals surface area contributed by atoms with Crippen LogP contribution in [0.1, 0.15) is 12.8 Å². The molecule has 0 saturated heterocycles. The normalized spacial score (nSPS) is 10.5. The third-order valence-electron chi connectivity index (χ3n) is 1.22. The minimum atomic E-state index is 0.250. The van der Waals surface area contributed by atoms with Crippen LogP contribution in [0.25, 0.3) is 0 Å². The summed E-state index contributed by atoms with van der Waals surface area (Å²) in [5.41, 5.74) is 0. The fourth-order valence-electron chi connectivity index (χ4n) is 0.740. The summed E-state index contributed by atoms with van der Waals surface area (Å²) in [5.74, 6) is 0.250. The molecule has 0 saturated carbocycles. The van der Waals surface area contributed by atoms with Gasteiger partial charge in [0.2, 0.25) is 0 Å². The summed E-state index contributed by atoms with van der Waals surface area (Å²) in [6.45, 7) is 7.17. The molecule has 1 N–H and O–H groups in total. The third kappa shape index (κ3) is 3.89. The number of hydrogen-bond acceptors (Lipinski definition) is 2. The molecule has 0 bridgehead atoms. The largest absolute Gasteiger partial charge is 0.411 e. The van der Waals surface area contributed by atoms with Crippen molar-refractivity contribution in [3.63, 3.8) is 0 Å². The summed E-state index contributed by atoms with van der Waals surface area (Å²) in [5, 5.41) is 11.1. The monoisotopic (exact) mass is 139 g/mol. The molecule has 0 heterocycles. The minimum absolute atomic E-state index is 0.250. The molecule has 0 aromatic rings. The Morgan fingerprint density at radius 1 is 1.30 bits per heavy atom. The highest BCUT2D eigenvalue weighted by Gasteiger charge is 1.99. The van der Waals surface area contributed by atoms with Crippen molar-refractivity contribution in [2.24, 2.45) is 11.1 Å². The molecule has 56 valence electrons. The SMILES string of the molecule is C=CCC(C=NO)CC=C. The average Bonchev–Trinajstić information content (AvgIpc) is 1.90. The lowest BCUT2D eigenvalue weighted by Gasteiger charge is -2.02. The predicted molar refractivity (Wildman–Crippen MR) is 43.4 cm³/mol. The van der Waals surface area contributed by atoms with E-state index < -0.39 is 0 Å². The number of hydrogen-bond donors (Lipinski definition) is 1. The minimum Gasteiger partial charge on any atom is -0.411 e. The second kappa shape index (κ2) is 6.08. The van der Waals surface area contributed by atoms with E-state index in [1.54, 1.807) is 12.2 Å². The van der Waals surface area contributed by atoms with Gasteiger partial charge in [0.25, 0.3) is 0 Å². The maximum atomic E-state index is 8.19. The summed E-state index contributed by atoms with van der Waals surface area (Å²) < 4.78 is 0. The summed E-state index contributed by atoms with van der Waals surface area (Å²) in [7, 11) is 0. The molecule has 0 aromatic carbocycles. The Balaban J connectivity index is 3.70. The number of nitrogens with zero attached hydrogens (tertiary/aromatic N) is 1. The molecular weight excluding hydrogens is 126 g/mol. The van der Waals surface area contributed by atoms with Gasteiger partial charge < -0.3 is 5.21 Å². The first kappa shape index (κ1) is 8.95. The van der Waals surface area contributed by atoms with Crippen LogP contribution in [0.3, 0.4) is 0 Å². The lowest BCUT2D eigenvalue weighted by Crippen LogP contribution is -1.98. The molecule has 0 aliphatic carbocycles. The van der Waals surface area contributed by atoms with Crippen LogP contribution in [0.4, 0.5) is 0 Å². The molecule has 0 amide bonds.